The molecule has 0 aliphatic carbocycles. The molecule has 2 aliphatic heterocycles. The number of carbonyl (C=O) groups excluding carboxylic acids is 2. The average molecular weight is 852 g/mol. The maximum absolute atomic E-state index is 13.8. The van der Waals surface area contributed by atoms with Crippen molar-refractivity contribution >= 4 is 99.5 Å². The van der Waals surface area contributed by atoms with Crippen LogP contribution in [0, 0.1) is 10.1 Å². The van der Waals surface area contributed by atoms with Gasteiger partial charge in [0.25, 0.3) is 42.5 Å². The number of amides is 2. The third-order valence-electron chi connectivity index (χ3n) is 8.48. The van der Waals surface area contributed by atoms with Gasteiger partial charge in [0.05, 0.1) is 22.9 Å². The van der Waals surface area contributed by atoms with Crippen LogP contribution < -0.4 is 31.0 Å². The van der Waals surface area contributed by atoms with Crippen LogP contribution in [0.25, 0.3) is 21.8 Å². The highest BCUT2D eigenvalue weighted by Crippen LogP contribution is 2.45. The first kappa shape index (κ1) is 40.1. The number of hydrogen-bond acceptors (Lipinski definition) is 15. The van der Waals surface area contributed by atoms with Gasteiger partial charge in [-0.1, -0.05) is 30.3 Å². The molecule has 296 valence electrons. The summed E-state index contributed by atoms with van der Waals surface area (Å²) in [6.07, 6.45) is 2.63. The Hall–Kier alpha value is -5.53. The van der Waals surface area contributed by atoms with Crippen molar-refractivity contribution in [3.63, 3.8) is 0 Å². The van der Waals surface area contributed by atoms with Gasteiger partial charge in [0, 0.05) is 25.5 Å². The van der Waals surface area contributed by atoms with Gasteiger partial charge in [-0.05, 0) is 41.8 Å². The van der Waals surface area contributed by atoms with Gasteiger partial charge < -0.3 is 24.4 Å². The predicted molar refractivity (Wildman–Crippen MR) is 202 cm³/mol. The van der Waals surface area contributed by atoms with E-state index in [0.29, 0.717) is 36.9 Å². The lowest BCUT2D eigenvalue weighted by Gasteiger charge is -2.22. The van der Waals surface area contributed by atoms with Crippen LogP contribution in [0.2, 0.25) is 0 Å². The summed E-state index contributed by atoms with van der Waals surface area (Å²) >= 11 is 0.677. The van der Waals surface area contributed by atoms with Crippen molar-refractivity contribution < 1.29 is 59.7 Å². The summed E-state index contributed by atoms with van der Waals surface area (Å²) in [5.74, 6) is -5.39. The number of anilines is 2. The van der Waals surface area contributed by atoms with Crippen LogP contribution >= 0.6 is 23.1 Å². The molecule has 0 radical (unpaired) electrons. The number of hydrogen-bond donors (Lipinski definition) is 4. The zero-order valence-electron chi connectivity index (χ0n) is 28.7. The van der Waals surface area contributed by atoms with E-state index in [2.05, 4.69) is 0 Å². The molecule has 1 saturated heterocycles. The van der Waals surface area contributed by atoms with Crippen LogP contribution in [0.1, 0.15) is 6.42 Å². The van der Waals surface area contributed by atoms with Gasteiger partial charge in [-0.3, -0.25) is 51.9 Å². The summed E-state index contributed by atoms with van der Waals surface area (Å²) in [4.78, 5) is 79.8. The van der Waals surface area contributed by atoms with Crippen LogP contribution in [-0.4, -0.2) is 105 Å². The molecule has 0 unspecified atom stereocenters. The van der Waals surface area contributed by atoms with E-state index in [-0.39, 0.29) is 29.4 Å². The number of fused-ring (bicyclic) bond motifs is 3. The van der Waals surface area contributed by atoms with E-state index in [9.17, 15) is 59.8 Å². The minimum absolute atomic E-state index is 0.00753. The second-order valence-electron chi connectivity index (χ2n) is 12.2. The Morgan fingerprint density at radius 1 is 0.821 bits per heavy atom. The topological polar surface area (TPSA) is 284 Å². The standard InChI is InChI=1S/C32H29N5O15S4/c1-33-21(34(11-4-13-55(46,47)48)19-8-7-17-5-2-3-6-18(17)24(19)33)10-9-20-27(42)35(12-14-56(49,50)51)30(52-20)25-28(43)36(15-22(38)39)31(53-25)26-29(44)37(16-23(40)41)32(45)54-26/h2-3,5-10H,4,11-16H2,1H3,(H,38,39)(H,40,41)(H,46,47,48)(H,49,50,51)/b20-9?,21-10?,30-25+,31-26?. The van der Waals surface area contributed by atoms with Gasteiger partial charge in [-0.2, -0.15) is 16.8 Å². The smallest absolute Gasteiger partial charge is 0.323 e. The number of imide groups is 1. The predicted octanol–water partition coefficient (Wildman–Crippen LogP) is -0.179. The first-order valence-electron chi connectivity index (χ1n) is 16.1. The number of aliphatic carboxylic acids is 2. The summed E-state index contributed by atoms with van der Waals surface area (Å²) in [6, 6.07) is 11.1. The Morgan fingerprint density at radius 2 is 1.50 bits per heavy atom. The van der Waals surface area contributed by atoms with Gasteiger partial charge >= 0.3 is 11.9 Å². The fourth-order valence-electron chi connectivity index (χ4n) is 6.13. The maximum atomic E-state index is 13.8. The lowest BCUT2D eigenvalue weighted by Crippen LogP contribution is -2.35. The average Bonchev–Trinajstić information content (AvgIpc) is 3.77. The first-order valence-corrected chi connectivity index (χ1v) is 20.9. The van der Waals surface area contributed by atoms with Gasteiger partial charge in [0.2, 0.25) is 5.55 Å². The Balaban J connectivity index is 1.60. The molecule has 6 rings (SSSR count). The molecule has 1 fully saturated rings. The molecule has 0 spiro atoms. The van der Waals surface area contributed by atoms with Crippen molar-refractivity contribution in [1.29, 1.82) is 0 Å². The lowest BCUT2D eigenvalue weighted by molar-refractivity contribution is -0.140. The number of carboxylic acid groups (broad SMARTS) is 2. The minimum Gasteiger partial charge on any atom is -0.480 e. The number of nitrogens with zero attached hydrogens (tertiary/aromatic N) is 5. The monoisotopic (exact) mass is 851 g/mol. The highest BCUT2D eigenvalue weighted by molar-refractivity contribution is 8.23. The van der Waals surface area contributed by atoms with Crippen LogP contribution in [0.15, 0.2) is 62.3 Å². The van der Waals surface area contributed by atoms with Gasteiger partial charge in [-0.25, -0.2) is 0 Å². The maximum Gasteiger partial charge on any atom is 0.323 e. The summed E-state index contributed by atoms with van der Waals surface area (Å²) < 4.78 is 71.7. The number of carbonyl (C=O) groups is 4. The number of carboxylic acids is 2. The third kappa shape index (κ3) is 8.05. The zero-order valence-corrected chi connectivity index (χ0v) is 32.0. The second-order valence-corrected chi connectivity index (χ2v) is 17.3. The normalized spacial score (nSPS) is 17.5. The molecule has 2 aliphatic rings. The van der Waals surface area contributed by atoms with E-state index < -0.39 is 106 Å². The molecular weight excluding hydrogens is 823 g/mol. The van der Waals surface area contributed by atoms with Gasteiger partial charge in [-0.15, -0.1) is 11.3 Å². The Kier molecular flexibility index (Phi) is 10.9. The Morgan fingerprint density at radius 3 is 2.16 bits per heavy atom. The van der Waals surface area contributed by atoms with E-state index in [0.717, 1.165) is 16.5 Å². The Bertz CT molecular complexity index is 2960. The largest absolute Gasteiger partial charge is 0.480 e. The van der Waals surface area contributed by atoms with Crippen molar-refractivity contribution in [2.24, 2.45) is 0 Å². The summed E-state index contributed by atoms with van der Waals surface area (Å²) in [5.41, 5.74) is -1.80. The fraction of sp³-hybridized carbons (Fsp3) is 0.250. The van der Waals surface area contributed by atoms with Crippen LogP contribution in [0.3, 0.4) is 0 Å². The first-order chi connectivity index (χ1) is 26.3. The van der Waals surface area contributed by atoms with Crippen LogP contribution in [-0.2, 0) is 47.7 Å². The zero-order chi connectivity index (χ0) is 40.9. The summed E-state index contributed by atoms with van der Waals surface area (Å²) in [6.45, 7) is -2.75. The van der Waals surface area contributed by atoms with E-state index in [1.54, 1.807) is 16.8 Å². The van der Waals surface area contributed by atoms with Crippen molar-refractivity contribution in [2.45, 2.75) is 19.5 Å². The van der Waals surface area contributed by atoms with Crippen LogP contribution in [0.5, 0.6) is 0 Å². The third-order valence-corrected chi connectivity index (χ3v) is 12.3. The lowest BCUT2D eigenvalue weighted by atomic mass is 10.1. The van der Waals surface area contributed by atoms with Crippen molar-refractivity contribution in [2.75, 3.05) is 41.4 Å². The molecule has 24 heteroatoms. The number of thioether (sulfide) groups is 1. The van der Waals surface area contributed by atoms with Gasteiger partial charge in [0.15, 0.2) is 9.95 Å². The second kappa shape index (κ2) is 15.2. The fourth-order valence-corrected chi connectivity index (χ4v) is 9.18. The molecule has 0 atom stereocenters. The van der Waals surface area contributed by atoms with E-state index in [1.807, 2.05) is 36.4 Å². The molecule has 2 aromatic carbocycles. The molecule has 4 heterocycles. The molecule has 4 N–H and O–H groups in total. The summed E-state index contributed by atoms with van der Waals surface area (Å²) in [7, 11) is -7.30. The molecular formula is C32H29N5O15S4. The molecule has 0 saturated carbocycles. The quantitative estimate of drug-likeness (QED) is 0.135. The highest BCUT2D eigenvalue weighted by atomic mass is 32.2. The molecule has 2 amide bonds. The number of aromatic nitrogens is 2. The number of thiazole rings is 1. The number of benzene rings is 2. The number of rotatable bonds is 12. The van der Waals surface area contributed by atoms with E-state index >= 15 is 0 Å². The molecule has 20 nitrogen and oxygen atoms in total. The van der Waals surface area contributed by atoms with Crippen LogP contribution in [0.4, 0.5) is 16.2 Å². The molecule has 4 aromatic rings. The molecule has 0 bridgehead atoms. The minimum atomic E-state index is -4.71. The van der Waals surface area contributed by atoms with E-state index in [1.165, 1.54) is 12.2 Å². The highest BCUT2D eigenvalue weighted by Gasteiger charge is 2.38. The van der Waals surface area contributed by atoms with Gasteiger partial charge in [0.1, 0.15) is 28.5 Å². The molecule has 2 aromatic heterocycles. The number of oxazole rings is 1. The van der Waals surface area contributed by atoms with Crippen molar-refractivity contribution in [3.05, 3.63) is 89.2 Å². The SMILES string of the molecule is CN1C(=CC=c2o/c(=c3/sc(=C4SC(=O)N(CC(=O)O)C4=O)n(CC(=O)O)c3=O)n(CCS(=O)(=O)O)c2=O)N(CCCS(=O)(=O)O)c2ccc3ccccc3c21. The Labute approximate surface area is 322 Å². The molecule has 56 heavy (non-hydrogen) atoms. The van der Waals surface area contributed by atoms with Crippen molar-refractivity contribution in [3.8, 4) is 0 Å². The van der Waals surface area contributed by atoms with E-state index in [4.69, 9.17) is 9.52 Å². The van der Waals surface area contributed by atoms with Crippen molar-refractivity contribution in [1.82, 2.24) is 14.0 Å². The summed E-state index contributed by atoms with van der Waals surface area (Å²) in [5, 5.41) is 19.5. The number of allylic oxidation sites excluding steroid dienone is 1.